The molecule has 0 bridgehead atoms. The Kier molecular flexibility index (Phi) is 5.91. The molecule has 0 aromatic rings. The molecule has 0 aliphatic rings. The quantitative estimate of drug-likeness (QED) is 0.532. The monoisotopic (exact) mass is 248 g/mol. The van der Waals surface area contributed by atoms with Crippen molar-refractivity contribution in [1.29, 1.82) is 0 Å². The fraction of sp³-hybridized carbons (Fsp3) is 0.556. The zero-order valence-corrected chi connectivity index (χ0v) is 11.8. The summed E-state index contributed by atoms with van der Waals surface area (Å²) < 4.78 is 0. The smallest absolute Gasteiger partial charge is 0.202 e. The van der Waals surface area contributed by atoms with E-state index in [9.17, 15) is 19.2 Å². The van der Waals surface area contributed by atoms with Gasteiger partial charge in [-0.3, -0.25) is 19.2 Å². The van der Waals surface area contributed by atoms with Gasteiger partial charge in [-0.25, -0.2) is 0 Å². The molecule has 0 radical (unpaired) electrons. The van der Waals surface area contributed by atoms with Crippen LogP contribution in [0.5, 0.6) is 0 Å². The summed E-state index contributed by atoms with van der Waals surface area (Å²) in [5.74, 6) is -2.83. The molecule has 4 nitrogen and oxygen atoms in total. The van der Waals surface area contributed by atoms with Crippen molar-refractivity contribution in [3.63, 3.8) is 0 Å². The molecule has 0 aliphatic heterocycles. The molecule has 0 aromatic carbocycles. The van der Waals surface area contributed by atoms with Crippen LogP contribution < -0.4 is 0 Å². The molecule has 0 saturated carbocycles. The molecule has 0 saturated heterocycles. The first-order chi connectivity index (χ1) is 5.77. The number of Topliss-reactive ketones (excluding diaryl/α,β-unsaturated/α-hetero) is 4. The van der Waals surface area contributed by atoms with Gasteiger partial charge < -0.3 is 0 Å². The van der Waals surface area contributed by atoms with Crippen molar-refractivity contribution in [1.82, 2.24) is 0 Å². The van der Waals surface area contributed by atoms with Gasteiger partial charge in [0.05, 0.1) is 0 Å². The van der Waals surface area contributed by atoms with Gasteiger partial charge in [0, 0.05) is 19.5 Å². The van der Waals surface area contributed by atoms with Crippen LogP contribution in [0.3, 0.4) is 0 Å². The molecule has 0 aromatic heterocycles. The Hall–Kier alpha value is -0.697. The van der Waals surface area contributed by atoms with E-state index in [4.69, 9.17) is 0 Å². The maximum absolute atomic E-state index is 11.1. The summed E-state index contributed by atoms with van der Waals surface area (Å²) in [6.07, 6.45) is 0. The summed E-state index contributed by atoms with van der Waals surface area (Å²) in [4.78, 5) is 44.5. The second kappa shape index (κ2) is 5.25. The van der Waals surface area contributed by atoms with Gasteiger partial charge in [0.2, 0.25) is 5.41 Å². The summed E-state index contributed by atoms with van der Waals surface area (Å²) in [6.45, 7) is 4.29. The van der Waals surface area contributed by atoms with E-state index in [1.807, 2.05) is 0 Å². The molecule has 0 aliphatic carbocycles. The molecule has 74 valence electrons. The average molecular weight is 250 g/mol. The summed E-state index contributed by atoms with van der Waals surface area (Å²) in [5, 5.41) is 0. The Balaban J connectivity index is 0. The van der Waals surface area contributed by atoms with Crippen molar-refractivity contribution in [3.05, 3.63) is 0 Å². The van der Waals surface area contributed by atoms with Gasteiger partial charge in [-0.15, -0.1) is 0 Å². The van der Waals surface area contributed by atoms with Gasteiger partial charge in [0.1, 0.15) is 0 Å². The van der Waals surface area contributed by atoms with Crippen LogP contribution in [-0.4, -0.2) is 23.1 Å². The number of carbonyl (C=O) groups is 4. The van der Waals surface area contributed by atoms with Gasteiger partial charge in [-0.2, -0.15) is 0 Å². The first-order valence-corrected chi connectivity index (χ1v) is 3.82. The van der Waals surface area contributed by atoms with E-state index in [1.165, 1.54) is 0 Å². The Morgan fingerprint density at radius 1 is 0.643 bits per heavy atom. The molecule has 14 heavy (non-hydrogen) atoms. The molecule has 5 heteroatoms. The zero-order valence-electron chi connectivity index (χ0n) is 8.84. The number of ketones is 4. The minimum atomic E-state index is -2.06. The van der Waals surface area contributed by atoms with Crippen LogP contribution in [0.2, 0.25) is 0 Å². The molecule has 0 atom stereocenters. The van der Waals surface area contributed by atoms with E-state index < -0.39 is 28.5 Å². The normalized spacial score (nSPS) is 10.0. The summed E-state index contributed by atoms with van der Waals surface area (Å²) in [5.41, 5.74) is -2.06. The topological polar surface area (TPSA) is 68.3 Å². The number of carbonyl (C=O) groups excluding carboxylic acids is 4. The molecule has 0 heterocycles. The molecule has 0 rings (SSSR count). The van der Waals surface area contributed by atoms with Gasteiger partial charge in [0.25, 0.3) is 0 Å². The van der Waals surface area contributed by atoms with Crippen molar-refractivity contribution in [2.75, 3.05) is 0 Å². The van der Waals surface area contributed by atoms with Gasteiger partial charge in [-0.1, -0.05) is 0 Å². The van der Waals surface area contributed by atoms with Crippen LogP contribution in [0.1, 0.15) is 27.7 Å². The van der Waals surface area contributed by atoms with Crippen molar-refractivity contribution in [2.45, 2.75) is 27.7 Å². The van der Waals surface area contributed by atoms with E-state index in [0.29, 0.717) is 0 Å². The second-order valence-electron chi connectivity index (χ2n) is 2.97. The van der Waals surface area contributed by atoms with Crippen molar-refractivity contribution < 1.29 is 38.7 Å². The van der Waals surface area contributed by atoms with Crippen LogP contribution in [0.15, 0.2) is 0 Å². The Morgan fingerprint density at radius 2 is 0.786 bits per heavy atom. The zero-order chi connectivity index (χ0) is 10.8. The van der Waals surface area contributed by atoms with E-state index in [1.54, 1.807) is 0 Å². The standard InChI is InChI=1S/C9H12O4.Zn/c1-5(10)9(6(2)11,7(3)12)8(4)13;/h1-4H3;. The van der Waals surface area contributed by atoms with Crippen LogP contribution in [0.25, 0.3) is 0 Å². The third-order valence-corrected chi connectivity index (χ3v) is 2.11. The van der Waals surface area contributed by atoms with E-state index in [0.717, 1.165) is 27.7 Å². The molecular weight excluding hydrogens is 237 g/mol. The van der Waals surface area contributed by atoms with E-state index in [-0.39, 0.29) is 19.5 Å². The average Bonchev–Trinajstić information content (AvgIpc) is 1.82. The molecule has 0 N–H and O–H groups in total. The van der Waals surface area contributed by atoms with Crippen LogP contribution in [0.4, 0.5) is 0 Å². The van der Waals surface area contributed by atoms with Gasteiger partial charge >= 0.3 is 0 Å². The number of hydrogen-bond acceptors (Lipinski definition) is 4. The number of hydrogen-bond donors (Lipinski definition) is 0. The Labute approximate surface area is 95.2 Å². The van der Waals surface area contributed by atoms with Crippen molar-refractivity contribution in [3.8, 4) is 0 Å². The molecule has 0 spiro atoms. The number of rotatable bonds is 4. The van der Waals surface area contributed by atoms with Gasteiger partial charge in [0.15, 0.2) is 23.1 Å². The van der Waals surface area contributed by atoms with Crippen molar-refractivity contribution in [2.24, 2.45) is 5.41 Å². The SMILES string of the molecule is CC(=O)C(C(C)=O)(C(C)=O)C(C)=O.[Zn]. The third kappa shape index (κ3) is 2.21. The predicted molar refractivity (Wildman–Crippen MR) is 45.2 cm³/mol. The summed E-state index contributed by atoms with van der Waals surface area (Å²) in [6, 6.07) is 0. The Morgan fingerprint density at radius 3 is 0.786 bits per heavy atom. The first-order valence-electron chi connectivity index (χ1n) is 3.82. The fourth-order valence-corrected chi connectivity index (χ4v) is 1.49. The first kappa shape index (κ1) is 15.8. The van der Waals surface area contributed by atoms with Crippen LogP contribution >= 0.6 is 0 Å². The molecule has 0 amide bonds. The maximum Gasteiger partial charge on any atom is 0.202 e. The minimum absolute atomic E-state index is 0. The van der Waals surface area contributed by atoms with Crippen LogP contribution in [0, 0.1) is 5.41 Å². The fourth-order valence-electron chi connectivity index (χ4n) is 1.49. The summed E-state index contributed by atoms with van der Waals surface area (Å²) in [7, 11) is 0. The molecular formula is C9H12O4Zn. The predicted octanol–water partition coefficient (Wildman–Crippen LogP) is 0.326. The van der Waals surface area contributed by atoms with Crippen LogP contribution in [-0.2, 0) is 38.7 Å². The minimum Gasteiger partial charge on any atom is -0.298 e. The van der Waals surface area contributed by atoms with Gasteiger partial charge in [-0.05, 0) is 27.7 Å². The van der Waals surface area contributed by atoms with E-state index >= 15 is 0 Å². The Bertz CT molecular complexity index is 232. The molecule has 0 unspecified atom stereocenters. The third-order valence-electron chi connectivity index (χ3n) is 2.11. The summed E-state index contributed by atoms with van der Waals surface area (Å²) >= 11 is 0. The second-order valence-corrected chi connectivity index (χ2v) is 2.97. The van der Waals surface area contributed by atoms with E-state index in [2.05, 4.69) is 0 Å². The molecule has 0 fully saturated rings. The van der Waals surface area contributed by atoms with Crippen molar-refractivity contribution >= 4 is 23.1 Å². The largest absolute Gasteiger partial charge is 0.298 e. The maximum atomic E-state index is 11.1.